The lowest BCUT2D eigenvalue weighted by Gasteiger charge is -2.10. The summed E-state index contributed by atoms with van der Waals surface area (Å²) in [5.74, 6) is 0.956. The Morgan fingerprint density at radius 2 is 1.73 bits per heavy atom. The molecule has 0 spiro atoms. The lowest BCUT2D eigenvalue weighted by molar-refractivity contribution is -0.123. The summed E-state index contributed by atoms with van der Waals surface area (Å²) < 4.78 is 12.7. The van der Waals surface area contributed by atoms with Gasteiger partial charge in [0.25, 0.3) is 5.91 Å². The Bertz CT molecular complexity index is 1260. The van der Waals surface area contributed by atoms with Crippen molar-refractivity contribution in [2.75, 3.05) is 13.7 Å². The number of carbonyl (C=O) groups is 1. The van der Waals surface area contributed by atoms with Crippen molar-refractivity contribution in [1.82, 2.24) is 20.1 Å². The van der Waals surface area contributed by atoms with Crippen molar-refractivity contribution in [3.8, 4) is 17.3 Å². The molecule has 4 rings (SSSR count). The molecule has 0 unspecified atom stereocenters. The molecular weight excluding hydrogens is 416 g/mol. The second-order valence-electron chi connectivity index (χ2n) is 7.91. The lowest BCUT2D eigenvalue weighted by atomic mass is 10.1. The largest absolute Gasteiger partial charge is 0.497 e. The highest BCUT2D eigenvalue weighted by atomic mass is 16.5. The number of nitrogens with zero attached hydrogens (tertiary/aromatic N) is 3. The predicted octanol–water partition coefficient (Wildman–Crippen LogP) is 4.30. The number of ether oxygens (including phenoxy) is 2. The first-order valence-corrected chi connectivity index (χ1v) is 11.0. The van der Waals surface area contributed by atoms with Crippen LogP contribution >= 0.6 is 0 Å². The molecule has 0 bridgehead atoms. The van der Waals surface area contributed by atoms with Gasteiger partial charge in [0.05, 0.1) is 18.5 Å². The number of nitrogens with one attached hydrogen (secondary N) is 1. The summed E-state index contributed by atoms with van der Waals surface area (Å²) >= 11 is 0. The van der Waals surface area contributed by atoms with Crippen LogP contribution in [0.5, 0.6) is 11.6 Å². The van der Waals surface area contributed by atoms with E-state index in [2.05, 4.69) is 29.4 Å². The van der Waals surface area contributed by atoms with Crippen molar-refractivity contribution in [3.63, 3.8) is 0 Å². The minimum absolute atomic E-state index is 0.119. The maximum absolute atomic E-state index is 12.3. The van der Waals surface area contributed by atoms with Crippen molar-refractivity contribution in [3.05, 3.63) is 77.0 Å². The monoisotopic (exact) mass is 444 g/mol. The molecule has 4 aromatic rings. The van der Waals surface area contributed by atoms with E-state index < -0.39 is 0 Å². The molecule has 0 saturated heterocycles. The van der Waals surface area contributed by atoms with Gasteiger partial charge in [0.15, 0.2) is 12.3 Å². The van der Waals surface area contributed by atoms with Gasteiger partial charge in [-0.3, -0.25) is 4.79 Å². The Morgan fingerprint density at radius 3 is 2.39 bits per heavy atom. The number of aryl methyl sites for hydroxylation is 3. The minimum atomic E-state index is -0.217. The summed E-state index contributed by atoms with van der Waals surface area (Å²) in [5, 5.41) is 8.55. The number of hydrogen-bond donors (Lipinski definition) is 1. The Balaban J connectivity index is 1.47. The maximum atomic E-state index is 12.3. The highest BCUT2D eigenvalue weighted by molar-refractivity contribution is 5.84. The fraction of sp³-hybridized carbons (Fsp3) is 0.269. The SMILES string of the molecule is CCc1ccc(-n2nc(C)c3c(C)cc(OCC(=O)NCc4ccc(OC)cc4)nc32)cc1. The average molecular weight is 445 g/mol. The van der Waals surface area contributed by atoms with Gasteiger partial charge in [0.1, 0.15) is 5.75 Å². The molecule has 2 aromatic carbocycles. The summed E-state index contributed by atoms with van der Waals surface area (Å²) in [5.41, 5.74) is 5.80. The first-order valence-electron chi connectivity index (χ1n) is 11.0. The number of methoxy groups -OCH3 is 1. The second-order valence-corrected chi connectivity index (χ2v) is 7.91. The van der Waals surface area contributed by atoms with Gasteiger partial charge in [0, 0.05) is 18.0 Å². The zero-order valence-corrected chi connectivity index (χ0v) is 19.4. The van der Waals surface area contributed by atoms with E-state index in [1.165, 1.54) is 5.56 Å². The first-order chi connectivity index (χ1) is 16.0. The van der Waals surface area contributed by atoms with Crippen LogP contribution in [0.15, 0.2) is 54.6 Å². The molecule has 0 fully saturated rings. The quantitative estimate of drug-likeness (QED) is 0.438. The van der Waals surface area contributed by atoms with E-state index in [4.69, 9.17) is 14.6 Å². The van der Waals surface area contributed by atoms with Crippen LogP contribution < -0.4 is 14.8 Å². The molecule has 0 atom stereocenters. The molecule has 0 radical (unpaired) electrons. The average Bonchev–Trinajstić information content (AvgIpc) is 3.18. The lowest BCUT2D eigenvalue weighted by Crippen LogP contribution is -2.28. The maximum Gasteiger partial charge on any atom is 0.258 e. The molecular formula is C26H28N4O3. The third-order valence-electron chi connectivity index (χ3n) is 5.58. The highest BCUT2D eigenvalue weighted by Gasteiger charge is 2.15. The fourth-order valence-electron chi connectivity index (χ4n) is 3.74. The Kier molecular flexibility index (Phi) is 6.58. The number of benzene rings is 2. The van der Waals surface area contributed by atoms with Crippen LogP contribution in [0, 0.1) is 13.8 Å². The van der Waals surface area contributed by atoms with Crippen molar-refractivity contribution in [2.24, 2.45) is 0 Å². The molecule has 170 valence electrons. The molecule has 2 heterocycles. The fourth-order valence-corrected chi connectivity index (χ4v) is 3.74. The van der Waals surface area contributed by atoms with Crippen molar-refractivity contribution >= 4 is 16.9 Å². The Morgan fingerprint density at radius 1 is 1.03 bits per heavy atom. The van der Waals surface area contributed by atoms with Gasteiger partial charge in [-0.1, -0.05) is 31.2 Å². The normalized spacial score (nSPS) is 10.9. The van der Waals surface area contributed by atoms with Crippen molar-refractivity contribution in [2.45, 2.75) is 33.7 Å². The number of rotatable bonds is 8. The first kappa shape index (κ1) is 22.3. The Labute approximate surface area is 193 Å². The summed E-state index contributed by atoms with van der Waals surface area (Å²) in [6.45, 7) is 6.40. The molecule has 2 aromatic heterocycles. The zero-order valence-electron chi connectivity index (χ0n) is 19.4. The van der Waals surface area contributed by atoms with E-state index in [1.54, 1.807) is 7.11 Å². The second kappa shape index (κ2) is 9.73. The number of carbonyl (C=O) groups excluding carboxylic acids is 1. The van der Waals surface area contributed by atoms with Gasteiger partial charge < -0.3 is 14.8 Å². The van der Waals surface area contributed by atoms with E-state index in [0.717, 1.165) is 40.1 Å². The summed E-state index contributed by atoms with van der Waals surface area (Å²) in [4.78, 5) is 17.0. The summed E-state index contributed by atoms with van der Waals surface area (Å²) in [6, 6.07) is 17.7. The number of aromatic nitrogens is 3. The number of fused-ring (bicyclic) bond motifs is 1. The minimum Gasteiger partial charge on any atom is -0.497 e. The van der Waals surface area contributed by atoms with E-state index in [1.807, 2.05) is 61.0 Å². The van der Waals surface area contributed by atoms with E-state index >= 15 is 0 Å². The topological polar surface area (TPSA) is 78.3 Å². The van der Waals surface area contributed by atoms with Crippen LogP contribution in [0.1, 0.15) is 29.3 Å². The van der Waals surface area contributed by atoms with Crippen LogP contribution in [0.4, 0.5) is 0 Å². The van der Waals surface area contributed by atoms with Crippen molar-refractivity contribution in [1.29, 1.82) is 0 Å². The molecule has 0 saturated carbocycles. The van der Waals surface area contributed by atoms with Gasteiger partial charge in [-0.2, -0.15) is 10.1 Å². The number of hydrogen-bond acceptors (Lipinski definition) is 5. The molecule has 0 aliphatic heterocycles. The number of pyridine rings is 1. The summed E-state index contributed by atoms with van der Waals surface area (Å²) in [6.07, 6.45) is 0.981. The van der Waals surface area contributed by atoms with E-state index in [9.17, 15) is 4.79 Å². The third-order valence-corrected chi connectivity index (χ3v) is 5.58. The molecule has 1 amide bonds. The number of amides is 1. The molecule has 1 N–H and O–H groups in total. The molecule has 7 heteroatoms. The van der Waals surface area contributed by atoms with Gasteiger partial charge in [-0.25, -0.2) is 4.68 Å². The third kappa shape index (κ3) is 4.98. The van der Waals surface area contributed by atoms with Crippen LogP contribution in [-0.4, -0.2) is 34.4 Å². The van der Waals surface area contributed by atoms with Crippen LogP contribution in [0.3, 0.4) is 0 Å². The highest BCUT2D eigenvalue weighted by Crippen LogP contribution is 2.27. The molecule has 0 aliphatic carbocycles. The smallest absolute Gasteiger partial charge is 0.258 e. The zero-order chi connectivity index (χ0) is 23.4. The van der Waals surface area contributed by atoms with Crippen molar-refractivity contribution < 1.29 is 14.3 Å². The van der Waals surface area contributed by atoms with Gasteiger partial charge in [0.2, 0.25) is 5.88 Å². The van der Waals surface area contributed by atoms with Gasteiger partial charge in [-0.05, 0) is 61.2 Å². The van der Waals surface area contributed by atoms with E-state index in [-0.39, 0.29) is 12.5 Å². The molecule has 0 aliphatic rings. The standard InChI is InChI=1S/C26H28N4O3/c1-5-19-6-10-21(11-7-19)30-26-25(18(3)29-30)17(2)14-24(28-26)33-16-23(31)27-15-20-8-12-22(32-4)13-9-20/h6-14H,5,15-16H2,1-4H3,(H,27,31). The van der Waals surface area contributed by atoms with Crippen LogP contribution in [-0.2, 0) is 17.8 Å². The van der Waals surface area contributed by atoms with Crippen LogP contribution in [0.2, 0.25) is 0 Å². The Hall–Kier alpha value is -3.87. The van der Waals surface area contributed by atoms with Gasteiger partial charge >= 0.3 is 0 Å². The summed E-state index contributed by atoms with van der Waals surface area (Å²) in [7, 11) is 1.62. The van der Waals surface area contributed by atoms with Crippen LogP contribution in [0.25, 0.3) is 16.7 Å². The molecule has 33 heavy (non-hydrogen) atoms. The van der Waals surface area contributed by atoms with Gasteiger partial charge in [-0.15, -0.1) is 0 Å². The van der Waals surface area contributed by atoms with E-state index in [0.29, 0.717) is 18.1 Å². The predicted molar refractivity (Wildman–Crippen MR) is 128 cm³/mol. The molecule has 7 nitrogen and oxygen atoms in total.